The minimum absolute atomic E-state index is 0.165. The second-order valence-corrected chi connectivity index (χ2v) is 4.08. The van der Waals surface area contributed by atoms with Crippen molar-refractivity contribution in [1.29, 1.82) is 0 Å². The molecule has 0 aromatic carbocycles. The van der Waals surface area contributed by atoms with Gasteiger partial charge in [-0.05, 0) is 24.1 Å². The third-order valence-corrected chi connectivity index (χ3v) is 2.82. The van der Waals surface area contributed by atoms with Crippen LogP contribution in [0, 0.1) is 17.0 Å². The van der Waals surface area contributed by atoms with Crippen LogP contribution in [0.1, 0.15) is 11.1 Å². The van der Waals surface area contributed by atoms with E-state index in [0.717, 1.165) is 11.1 Å². The Bertz CT molecular complexity index is 631. The van der Waals surface area contributed by atoms with E-state index in [1.807, 2.05) is 13.0 Å². The lowest BCUT2D eigenvalue weighted by atomic mass is 10.1. The fraction of sp³-hybridized carbons (Fsp3) is 0.250. The Balaban J connectivity index is 2.26. The average molecular weight is 274 g/mol. The third kappa shape index (κ3) is 2.79. The number of nitrogens with zero attached hydrogens (tertiary/aromatic N) is 4. The predicted molar refractivity (Wildman–Crippen MR) is 74.5 cm³/mol. The van der Waals surface area contributed by atoms with Crippen molar-refractivity contribution in [2.75, 3.05) is 17.7 Å². The Morgan fingerprint density at radius 1 is 1.35 bits per heavy atom. The van der Waals surface area contributed by atoms with E-state index in [2.05, 4.69) is 25.6 Å². The first kappa shape index (κ1) is 13.7. The molecule has 0 spiro atoms. The molecule has 8 nitrogen and oxygen atoms in total. The molecule has 20 heavy (non-hydrogen) atoms. The molecule has 0 aliphatic heterocycles. The smallest absolute Gasteiger partial charge is 0.353 e. The molecule has 0 unspecified atom stereocenters. The summed E-state index contributed by atoms with van der Waals surface area (Å²) in [5, 5.41) is 16.8. The van der Waals surface area contributed by atoms with E-state index in [1.165, 1.54) is 6.33 Å². The highest BCUT2D eigenvalue weighted by Crippen LogP contribution is 2.28. The number of aromatic nitrogens is 3. The highest BCUT2D eigenvalue weighted by atomic mass is 16.6. The van der Waals surface area contributed by atoms with Crippen molar-refractivity contribution in [3.05, 3.63) is 46.0 Å². The highest BCUT2D eigenvalue weighted by Gasteiger charge is 2.21. The van der Waals surface area contributed by atoms with Crippen LogP contribution in [0.15, 0.2) is 24.8 Å². The maximum atomic E-state index is 11.1. The zero-order valence-electron chi connectivity index (χ0n) is 11.1. The van der Waals surface area contributed by atoms with Crippen LogP contribution in [0.25, 0.3) is 0 Å². The summed E-state index contributed by atoms with van der Waals surface area (Å²) in [5.41, 5.74) is 1.84. The van der Waals surface area contributed by atoms with Gasteiger partial charge in [0.2, 0.25) is 11.6 Å². The molecule has 0 aliphatic rings. The Hall–Kier alpha value is -2.77. The lowest BCUT2D eigenvalue weighted by Gasteiger charge is -2.09. The van der Waals surface area contributed by atoms with Gasteiger partial charge in [0.1, 0.15) is 6.33 Å². The molecule has 0 bridgehead atoms. The number of nitro groups is 1. The van der Waals surface area contributed by atoms with Crippen molar-refractivity contribution in [3.8, 4) is 0 Å². The van der Waals surface area contributed by atoms with Crippen molar-refractivity contribution < 1.29 is 4.92 Å². The molecule has 0 aliphatic carbocycles. The number of aryl methyl sites for hydroxylation is 1. The van der Waals surface area contributed by atoms with Crippen LogP contribution in [0.5, 0.6) is 0 Å². The SMILES string of the molecule is CNc1ncnc(NCc2ccncc2C)c1[N+](=O)[O-]. The van der Waals surface area contributed by atoms with Crippen LogP contribution >= 0.6 is 0 Å². The zero-order valence-corrected chi connectivity index (χ0v) is 11.1. The van der Waals surface area contributed by atoms with Crippen molar-refractivity contribution in [1.82, 2.24) is 15.0 Å². The molecule has 2 N–H and O–H groups in total. The summed E-state index contributed by atoms with van der Waals surface area (Å²) < 4.78 is 0. The first-order chi connectivity index (χ1) is 9.63. The van der Waals surface area contributed by atoms with Crippen LogP contribution in [-0.2, 0) is 6.54 Å². The van der Waals surface area contributed by atoms with Crippen molar-refractivity contribution in [3.63, 3.8) is 0 Å². The van der Waals surface area contributed by atoms with E-state index in [4.69, 9.17) is 0 Å². The summed E-state index contributed by atoms with van der Waals surface area (Å²) in [6, 6.07) is 1.86. The van der Waals surface area contributed by atoms with E-state index >= 15 is 0 Å². The second-order valence-electron chi connectivity index (χ2n) is 4.08. The van der Waals surface area contributed by atoms with Gasteiger partial charge < -0.3 is 10.6 Å². The molecule has 0 saturated heterocycles. The van der Waals surface area contributed by atoms with Gasteiger partial charge in [0.25, 0.3) is 0 Å². The molecule has 0 fully saturated rings. The van der Waals surface area contributed by atoms with Gasteiger partial charge in [-0.1, -0.05) is 0 Å². The number of anilines is 2. The molecule has 0 radical (unpaired) electrons. The van der Waals surface area contributed by atoms with Gasteiger partial charge in [-0.3, -0.25) is 15.1 Å². The summed E-state index contributed by atoms with van der Waals surface area (Å²) in [6.07, 6.45) is 4.70. The van der Waals surface area contributed by atoms with Gasteiger partial charge in [0.15, 0.2) is 0 Å². The molecular formula is C12H14N6O2. The van der Waals surface area contributed by atoms with E-state index in [0.29, 0.717) is 6.54 Å². The molecule has 2 heterocycles. The van der Waals surface area contributed by atoms with Crippen molar-refractivity contribution in [2.24, 2.45) is 0 Å². The van der Waals surface area contributed by atoms with Crippen LogP contribution in [0.3, 0.4) is 0 Å². The van der Waals surface area contributed by atoms with Crippen molar-refractivity contribution >= 4 is 17.3 Å². The molecule has 2 rings (SSSR count). The first-order valence-corrected chi connectivity index (χ1v) is 5.94. The van der Waals surface area contributed by atoms with Crippen LogP contribution in [0.4, 0.5) is 17.3 Å². The van der Waals surface area contributed by atoms with Gasteiger partial charge in [0.05, 0.1) is 4.92 Å². The summed E-state index contributed by atoms with van der Waals surface area (Å²) >= 11 is 0. The third-order valence-electron chi connectivity index (χ3n) is 2.82. The Morgan fingerprint density at radius 3 is 2.75 bits per heavy atom. The minimum atomic E-state index is -0.506. The lowest BCUT2D eigenvalue weighted by molar-refractivity contribution is -0.383. The fourth-order valence-corrected chi connectivity index (χ4v) is 1.74. The topological polar surface area (TPSA) is 106 Å². The molecule has 104 valence electrons. The number of nitrogens with one attached hydrogen (secondary N) is 2. The zero-order chi connectivity index (χ0) is 14.5. The number of pyridine rings is 1. The molecule has 2 aromatic rings. The Labute approximate surface area is 115 Å². The summed E-state index contributed by atoms with van der Waals surface area (Å²) in [5.74, 6) is 0.365. The average Bonchev–Trinajstić information content (AvgIpc) is 2.45. The summed E-state index contributed by atoms with van der Waals surface area (Å²) in [4.78, 5) is 22.4. The normalized spacial score (nSPS) is 10.1. The fourth-order valence-electron chi connectivity index (χ4n) is 1.74. The monoisotopic (exact) mass is 274 g/mol. The van der Waals surface area contributed by atoms with Crippen LogP contribution in [-0.4, -0.2) is 26.9 Å². The van der Waals surface area contributed by atoms with Gasteiger partial charge in [-0.25, -0.2) is 9.97 Å². The van der Waals surface area contributed by atoms with Crippen LogP contribution in [0.2, 0.25) is 0 Å². The van der Waals surface area contributed by atoms with Gasteiger partial charge in [-0.2, -0.15) is 0 Å². The summed E-state index contributed by atoms with van der Waals surface area (Å²) in [7, 11) is 1.58. The van der Waals surface area contributed by atoms with Gasteiger partial charge >= 0.3 is 5.69 Å². The standard InChI is InChI=1S/C12H14N6O2/c1-8-5-14-4-3-9(8)6-15-12-10(18(19)20)11(13-2)16-7-17-12/h3-5,7H,6H2,1-2H3,(H2,13,15,16,17). The molecule has 0 atom stereocenters. The maximum absolute atomic E-state index is 11.1. The lowest BCUT2D eigenvalue weighted by Crippen LogP contribution is -2.08. The number of rotatable bonds is 5. The first-order valence-electron chi connectivity index (χ1n) is 5.94. The largest absolute Gasteiger partial charge is 0.367 e. The van der Waals surface area contributed by atoms with E-state index in [9.17, 15) is 10.1 Å². The van der Waals surface area contributed by atoms with Crippen molar-refractivity contribution in [2.45, 2.75) is 13.5 Å². The molecule has 0 amide bonds. The maximum Gasteiger partial charge on any atom is 0.353 e. The van der Waals surface area contributed by atoms with E-state index in [-0.39, 0.29) is 17.3 Å². The van der Waals surface area contributed by atoms with E-state index < -0.39 is 4.92 Å². The van der Waals surface area contributed by atoms with E-state index in [1.54, 1.807) is 19.4 Å². The van der Waals surface area contributed by atoms with Gasteiger partial charge in [0, 0.05) is 26.0 Å². The number of hydrogen-bond acceptors (Lipinski definition) is 7. The molecule has 8 heteroatoms. The van der Waals surface area contributed by atoms with Gasteiger partial charge in [-0.15, -0.1) is 0 Å². The van der Waals surface area contributed by atoms with Crippen LogP contribution < -0.4 is 10.6 Å². The Kier molecular flexibility index (Phi) is 4.04. The predicted octanol–water partition coefficient (Wildman–Crippen LogP) is 1.74. The number of hydrogen-bond donors (Lipinski definition) is 2. The second kappa shape index (κ2) is 5.91. The molecule has 2 aromatic heterocycles. The minimum Gasteiger partial charge on any atom is -0.367 e. The highest BCUT2D eigenvalue weighted by molar-refractivity contribution is 5.69. The Morgan fingerprint density at radius 2 is 2.10 bits per heavy atom. The quantitative estimate of drug-likeness (QED) is 0.631. The summed E-state index contributed by atoms with van der Waals surface area (Å²) in [6.45, 7) is 2.35. The molecular weight excluding hydrogens is 260 g/mol. The molecule has 0 saturated carbocycles.